The van der Waals surface area contributed by atoms with Crippen LogP contribution in [-0.2, 0) is 19.2 Å². The maximum absolute atomic E-state index is 12.5. The van der Waals surface area contributed by atoms with Crippen LogP contribution in [0.2, 0.25) is 0 Å². The van der Waals surface area contributed by atoms with Gasteiger partial charge in [-0.25, -0.2) is 0 Å². The number of benzene rings is 3. The highest BCUT2D eigenvalue weighted by molar-refractivity contribution is 8.26. The van der Waals surface area contributed by atoms with Gasteiger partial charge in [-0.15, -0.1) is 45.3 Å². The molecule has 0 N–H and O–H groups in total. The van der Waals surface area contributed by atoms with Crippen LogP contribution in [0, 0.1) is 6.92 Å². The fraction of sp³-hybridized carbons (Fsp3) is 0.0851. The van der Waals surface area contributed by atoms with Crippen molar-refractivity contribution in [1.29, 1.82) is 0 Å². The highest BCUT2D eigenvalue weighted by atomic mass is 32.2. The van der Waals surface area contributed by atoms with Gasteiger partial charge in [-0.3, -0.25) is 14.5 Å². The largest absolute Gasteiger partial charge is 0.373 e. The molecule has 302 valence electrons. The van der Waals surface area contributed by atoms with E-state index in [0.717, 1.165) is 43.5 Å². The number of likely N-dealkylation sites (tertiary alicyclic amines) is 1. The lowest BCUT2D eigenvalue weighted by molar-refractivity contribution is -0.191. The van der Waals surface area contributed by atoms with Gasteiger partial charge in [-0.2, -0.15) is 9.59 Å². The number of likely N-dealkylation sites (N-methyl/N-ethyl adjacent to an activating group) is 2. The molecule has 61 heavy (non-hydrogen) atoms. The van der Waals surface area contributed by atoms with E-state index in [0.29, 0.717) is 20.6 Å². The Balaban J connectivity index is 0.00000166. The van der Waals surface area contributed by atoms with Crippen LogP contribution < -0.4 is 4.90 Å². The summed E-state index contributed by atoms with van der Waals surface area (Å²) in [6.45, 7) is 2.11. The summed E-state index contributed by atoms with van der Waals surface area (Å²) in [5, 5.41) is 0. The first-order valence-corrected chi connectivity index (χ1v) is 23.6. The van der Waals surface area contributed by atoms with E-state index in [1.165, 1.54) is 51.5 Å². The van der Waals surface area contributed by atoms with Crippen LogP contribution in [0.25, 0.3) is 52.5 Å². The molecule has 2 fully saturated rings. The molecule has 0 spiro atoms. The molecule has 0 unspecified atom stereocenters. The number of thioether (sulfide) groups is 1. The van der Waals surface area contributed by atoms with Gasteiger partial charge in [0.05, 0.1) is 9.89 Å². The third kappa shape index (κ3) is 9.13. The van der Waals surface area contributed by atoms with E-state index in [2.05, 4.69) is 133 Å². The molecule has 0 saturated carbocycles. The number of thiocarbonyl (C=S) groups is 2. The molecule has 7 nitrogen and oxygen atoms in total. The molecule has 0 aliphatic carbocycles. The summed E-state index contributed by atoms with van der Waals surface area (Å²) in [5.41, 5.74) is 7.53. The van der Waals surface area contributed by atoms with Gasteiger partial charge in [0, 0.05) is 82.2 Å². The highest BCUT2D eigenvalue weighted by Gasteiger charge is 2.29. The van der Waals surface area contributed by atoms with Gasteiger partial charge < -0.3 is 9.80 Å². The molecule has 7 aromatic rings. The van der Waals surface area contributed by atoms with Gasteiger partial charge >= 0.3 is 6.15 Å². The Labute approximate surface area is 383 Å². The Morgan fingerprint density at radius 2 is 0.984 bits per heavy atom. The van der Waals surface area contributed by atoms with Crippen LogP contribution in [0.4, 0.5) is 17.1 Å². The molecule has 0 radical (unpaired) electrons. The minimum Gasteiger partial charge on any atom is -0.311 e. The maximum atomic E-state index is 12.5. The number of hydrogen-bond donors (Lipinski definition) is 0. The van der Waals surface area contributed by atoms with Crippen molar-refractivity contribution in [3.63, 3.8) is 0 Å². The number of carbonyl (C=O) groups is 2. The molecule has 2 saturated heterocycles. The summed E-state index contributed by atoms with van der Waals surface area (Å²) in [7, 11) is 3.46. The zero-order valence-electron chi connectivity index (χ0n) is 32.7. The van der Waals surface area contributed by atoms with E-state index >= 15 is 0 Å². The molecule has 2 amide bonds. The standard InChI is InChI=1S/C46H33N3O2S7.CO2/c1-27-4-10-31(11-5-27)49(32-12-6-28(7-13-32)36-20-22-40(56-36)38-18-16-34(54-38)24-30-25-43(52)47(2)44(30)50)33-14-8-29(9-15-33)37-21-23-41(57-37)39-19-17-35(55-39)26-42-45(51)48(3)46(53)58-42;2-1-3/h4-24,26H,25H2,1-3H3;/b30-24-,42-26-;. The molecule has 0 atom stereocenters. The predicted octanol–water partition coefficient (Wildman–Crippen LogP) is 13.2. The van der Waals surface area contributed by atoms with Crippen molar-refractivity contribution in [2.24, 2.45) is 0 Å². The fourth-order valence-electron chi connectivity index (χ4n) is 6.71. The number of aryl methyl sites for hydroxylation is 1. The SMILES string of the molecule is Cc1ccc(N(c2ccc(-c3ccc(-c4ccc(/C=C5/CC(=S)N(C)C5=O)s4)s3)cc2)c2ccc(-c3ccc(-c4ccc(/C=C5\SC(=S)N(C)C5=O)s4)s3)cc2)cc1.O=C=O. The monoisotopic (exact) mass is 927 g/mol. The first-order valence-electron chi connectivity index (χ1n) is 18.7. The maximum Gasteiger partial charge on any atom is 0.373 e. The first kappa shape index (κ1) is 42.3. The van der Waals surface area contributed by atoms with Gasteiger partial charge in [-0.1, -0.05) is 78.2 Å². The minimum absolute atomic E-state index is 0.00862. The summed E-state index contributed by atoms with van der Waals surface area (Å²) in [4.78, 5) is 57.2. The summed E-state index contributed by atoms with van der Waals surface area (Å²) in [5.74, 6) is -0.0538. The zero-order chi connectivity index (χ0) is 42.8. The first-order chi connectivity index (χ1) is 29.5. The topological polar surface area (TPSA) is 78.0 Å². The normalized spacial score (nSPS) is 15.2. The van der Waals surface area contributed by atoms with Crippen molar-refractivity contribution in [2.45, 2.75) is 13.3 Å². The van der Waals surface area contributed by atoms with Crippen molar-refractivity contribution in [2.75, 3.05) is 19.0 Å². The number of anilines is 3. The van der Waals surface area contributed by atoms with Crippen LogP contribution in [-0.4, -0.2) is 51.2 Å². The molecule has 0 bridgehead atoms. The van der Waals surface area contributed by atoms with Crippen molar-refractivity contribution in [3.05, 3.63) is 147 Å². The molecule has 4 aromatic heterocycles. The lowest BCUT2D eigenvalue weighted by Gasteiger charge is -2.26. The number of nitrogens with zero attached hydrogens (tertiary/aromatic N) is 3. The average Bonchev–Trinajstić information content (AvgIpc) is 4.14. The number of amides is 2. The van der Waals surface area contributed by atoms with Gasteiger partial charge in [0.15, 0.2) is 0 Å². The number of rotatable bonds is 9. The Kier molecular flexibility index (Phi) is 12.7. The Morgan fingerprint density at radius 3 is 1.43 bits per heavy atom. The summed E-state index contributed by atoms with van der Waals surface area (Å²) < 4.78 is 0.588. The van der Waals surface area contributed by atoms with Crippen LogP contribution >= 0.6 is 81.5 Å². The van der Waals surface area contributed by atoms with E-state index in [4.69, 9.17) is 34.0 Å². The quantitative estimate of drug-likeness (QED) is 0.105. The van der Waals surface area contributed by atoms with Crippen molar-refractivity contribution < 1.29 is 19.2 Å². The van der Waals surface area contributed by atoms with Gasteiger partial charge in [-0.05, 0) is 115 Å². The average molecular weight is 928 g/mol. The number of thiophene rings is 4. The van der Waals surface area contributed by atoms with E-state index in [-0.39, 0.29) is 18.0 Å². The smallest absolute Gasteiger partial charge is 0.311 e. The summed E-state index contributed by atoms with van der Waals surface area (Å²) in [6.07, 6.45) is 4.69. The van der Waals surface area contributed by atoms with Crippen LogP contribution in [0.15, 0.2) is 132 Å². The zero-order valence-corrected chi connectivity index (χ0v) is 38.5. The molecule has 2 aliphatic heterocycles. The minimum atomic E-state index is -0.0452. The van der Waals surface area contributed by atoms with Crippen molar-refractivity contribution >= 4 is 138 Å². The predicted molar refractivity (Wildman–Crippen MR) is 263 cm³/mol. The molecule has 2 aliphatic rings. The van der Waals surface area contributed by atoms with E-state index in [1.54, 1.807) is 64.3 Å². The second-order valence-corrected chi connectivity index (χ2v) is 20.5. The summed E-state index contributed by atoms with van der Waals surface area (Å²) in [6, 6.07) is 43.4. The van der Waals surface area contributed by atoms with Gasteiger partial charge in [0.25, 0.3) is 11.8 Å². The molecule has 6 heterocycles. The third-order valence-electron chi connectivity index (χ3n) is 9.93. The Bertz CT molecular complexity index is 2740. The van der Waals surface area contributed by atoms with Crippen molar-refractivity contribution in [3.8, 4) is 40.4 Å². The lowest BCUT2D eigenvalue weighted by Crippen LogP contribution is -2.22. The Morgan fingerprint density at radius 1 is 0.557 bits per heavy atom. The second-order valence-electron chi connectivity index (χ2n) is 13.9. The van der Waals surface area contributed by atoms with Gasteiger partial charge in [0.1, 0.15) is 4.32 Å². The fourth-order valence-corrected chi connectivity index (χ4v) is 12.3. The van der Waals surface area contributed by atoms with E-state index in [1.807, 2.05) is 12.2 Å². The van der Waals surface area contributed by atoms with E-state index < -0.39 is 0 Å². The Hall–Kier alpha value is -5.41. The number of hydrogen-bond acceptors (Lipinski definition) is 12. The number of carbonyl (C=O) groups excluding carboxylic acids is 4. The molecule has 14 heteroatoms. The molecular weight excluding hydrogens is 895 g/mol. The second kappa shape index (κ2) is 18.3. The van der Waals surface area contributed by atoms with E-state index in [9.17, 15) is 9.59 Å². The summed E-state index contributed by atoms with van der Waals surface area (Å²) >= 11 is 18.9. The van der Waals surface area contributed by atoms with Crippen LogP contribution in [0.3, 0.4) is 0 Å². The van der Waals surface area contributed by atoms with Crippen LogP contribution in [0.5, 0.6) is 0 Å². The lowest BCUT2D eigenvalue weighted by atomic mass is 10.1. The van der Waals surface area contributed by atoms with Crippen LogP contribution in [0.1, 0.15) is 21.7 Å². The molecule has 3 aromatic carbocycles. The molecular formula is C47H33N3O4S7. The van der Waals surface area contributed by atoms with Crippen molar-refractivity contribution in [1.82, 2.24) is 9.80 Å². The van der Waals surface area contributed by atoms with Gasteiger partial charge in [0.2, 0.25) is 0 Å². The highest BCUT2D eigenvalue weighted by Crippen LogP contribution is 2.43. The third-order valence-corrected chi connectivity index (χ3v) is 16.6. The molecule has 9 rings (SSSR count).